The Morgan fingerprint density at radius 3 is 1.76 bits per heavy atom. The summed E-state index contributed by atoms with van der Waals surface area (Å²) in [5.74, 6) is -1.53. The minimum absolute atomic E-state index is 0.292. The van der Waals surface area contributed by atoms with Gasteiger partial charge in [-0.3, -0.25) is 9.59 Å². The molecule has 12 rings (SSSR count). The first kappa shape index (κ1) is 27.1. The van der Waals surface area contributed by atoms with E-state index in [1.165, 1.54) is 80.1 Å². The van der Waals surface area contributed by atoms with Crippen molar-refractivity contribution >= 4 is 91.7 Å². The summed E-state index contributed by atoms with van der Waals surface area (Å²) in [6, 6.07) is 46.6. The van der Waals surface area contributed by atoms with Crippen LogP contribution in [0.15, 0.2) is 146 Å². The van der Waals surface area contributed by atoms with Gasteiger partial charge in [-0.1, -0.05) is 133 Å². The first-order valence-corrected chi connectivity index (χ1v) is 17.6. The molecule has 9 aromatic rings. The molecular formula is C46H26O2S. The average Bonchev–Trinajstić information content (AvgIpc) is 3.52. The third-order valence-corrected chi connectivity index (χ3v) is 12.0. The van der Waals surface area contributed by atoms with Gasteiger partial charge in [-0.05, 0) is 88.6 Å². The van der Waals surface area contributed by atoms with Crippen molar-refractivity contribution in [3.05, 3.63) is 151 Å². The summed E-state index contributed by atoms with van der Waals surface area (Å²) in [7, 11) is 0. The molecule has 3 heteroatoms. The maximum Gasteiger partial charge on any atom is 0.210 e. The number of carbonyl (C=O) groups excluding carboxylic acids is 2. The van der Waals surface area contributed by atoms with Crippen LogP contribution in [-0.4, -0.2) is 11.6 Å². The van der Waals surface area contributed by atoms with Crippen LogP contribution in [0.4, 0.5) is 0 Å². The second-order valence-electron chi connectivity index (χ2n) is 13.4. The molecule has 0 amide bonds. The van der Waals surface area contributed by atoms with Crippen molar-refractivity contribution in [3.8, 4) is 22.3 Å². The van der Waals surface area contributed by atoms with E-state index in [2.05, 4.69) is 127 Å². The van der Waals surface area contributed by atoms with Crippen molar-refractivity contribution in [2.45, 2.75) is 0 Å². The van der Waals surface area contributed by atoms with Crippen LogP contribution in [0.3, 0.4) is 0 Å². The quantitative estimate of drug-likeness (QED) is 0.109. The summed E-state index contributed by atoms with van der Waals surface area (Å²) in [6.07, 6.45) is 5.78. The highest BCUT2D eigenvalue weighted by Gasteiger charge is 2.39. The number of ketones is 2. The van der Waals surface area contributed by atoms with E-state index in [1.807, 2.05) is 29.6 Å². The molecule has 1 heterocycles. The lowest BCUT2D eigenvalue weighted by Gasteiger charge is -2.29. The van der Waals surface area contributed by atoms with E-state index in [9.17, 15) is 9.59 Å². The van der Waals surface area contributed by atoms with E-state index in [4.69, 9.17) is 0 Å². The number of thiophene rings is 1. The van der Waals surface area contributed by atoms with Crippen molar-refractivity contribution in [1.29, 1.82) is 0 Å². The Balaban J connectivity index is 1.07. The molecule has 2 unspecified atom stereocenters. The fourth-order valence-corrected chi connectivity index (χ4v) is 9.73. The highest BCUT2D eigenvalue weighted by atomic mass is 32.1. The number of allylic oxidation sites excluding steroid dienone is 4. The monoisotopic (exact) mass is 642 g/mol. The van der Waals surface area contributed by atoms with Crippen LogP contribution >= 0.6 is 11.3 Å². The fourth-order valence-electron chi connectivity index (χ4n) is 8.55. The molecule has 3 aliphatic carbocycles. The first-order valence-electron chi connectivity index (χ1n) is 16.7. The van der Waals surface area contributed by atoms with E-state index >= 15 is 0 Å². The summed E-state index contributed by atoms with van der Waals surface area (Å²) in [4.78, 5) is 25.4. The topological polar surface area (TPSA) is 34.1 Å². The molecule has 3 aliphatic rings. The highest BCUT2D eigenvalue weighted by Crippen LogP contribution is 2.46. The number of Topliss-reactive ketones (excluding diaryl/α,β-unsaturated/α-hetero) is 2. The molecule has 0 fully saturated rings. The van der Waals surface area contributed by atoms with E-state index in [0.29, 0.717) is 0 Å². The summed E-state index contributed by atoms with van der Waals surface area (Å²) in [6.45, 7) is 0. The SMILES string of the molecule is O=C1C(=O)C2C=CC1C=C2c1ccc2ccc3c(-c4ccc5c(c4)sc4cc(-c6cccc7ccccc67)ccc45)ccc4ccc1c2c43. The van der Waals surface area contributed by atoms with Crippen LogP contribution < -0.4 is 0 Å². The minimum Gasteiger partial charge on any atom is -0.290 e. The summed E-state index contributed by atoms with van der Waals surface area (Å²) < 4.78 is 2.57. The Bertz CT molecular complexity index is 2990. The van der Waals surface area contributed by atoms with Crippen molar-refractivity contribution in [3.63, 3.8) is 0 Å². The molecule has 0 radical (unpaired) electrons. The van der Waals surface area contributed by atoms with Crippen molar-refractivity contribution in [1.82, 2.24) is 0 Å². The number of hydrogen-bond donors (Lipinski definition) is 0. The Hall–Kier alpha value is -5.90. The predicted molar refractivity (Wildman–Crippen MR) is 206 cm³/mol. The van der Waals surface area contributed by atoms with Crippen LogP contribution in [0.5, 0.6) is 0 Å². The van der Waals surface area contributed by atoms with Crippen LogP contribution in [-0.2, 0) is 9.59 Å². The molecule has 228 valence electrons. The second-order valence-corrected chi connectivity index (χ2v) is 14.5. The zero-order valence-corrected chi connectivity index (χ0v) is 27.1. The van der Waals surface area contributed by atoms with Crippen LogP contribution in [0.2, 0.25) is 0 Å². The van der Waals surface area contributed by atoms with Crippen LogP contribution in [0.25, 0.3) is 91.1 Å². The van der Waals surface area contributed by atoms with Gasteiger partial charge < -0.3 is 0 Å². The molecule has 1 aromatic heterocycles. The van der Waals surface area contributed by atoms with Gasteiger partial charge in [-0.25, -0.2) is 0 Å². The van der Waals surface area contributed by atoms with Gasteiger partial charge >= 0.3 is 0 Å². The van der Waals surface area contributed by atoms with Crippen LogP contribution in [0.1, 0.15) is 5.56 Å². The fraction of sp³-hybridized carbons (Fsp3) is 0.0435. The van der Waals surface area contributed by atoms with Crippen LogP contribution in [0, 0.1) is 11.8 Å². The number of rotatable bonds is 3. The molecule has 0 spiro atoms. The molecule has 2 atom stereocenters. The molecule has 0 aliphatic heterocycles. The average molecular weight is 643 g/mol. The van der Waals surface area contributed by atoms with E-state index in [0.717, 1.165) is 16.5 Å². The number of benzene rings is 8. The number of hydrogen-bond acceptors (Lipinski definition) is 3. The van der Waals surface area contributed by atoms with Crippen molar-refractivity contribution in [2.75, 3.05) is 0 Å². The Morgan fingerprint density at radius 2 is 1.04 bits per heavy atom. The number of fused-ring (bicyclic) bond motifs is 5. The van der Waals surface area contributed by atoms with Gasteiger partial charge in [0.05, 0.1) is 11.8 Å². The Morgan fingerprint density at radius 1 is 0.449 bits per heavy atom. The molecular weight excluding hydrogens is 617 g/mol. The van der Waals surface area contributed by atoms with Gasteiger partial charge in [0, 0.05) is 20.2 Å². The number of carbonyl (C=O) groups is 2. The molecule has 8 aromatic carbocycles. The maximum atomic E-state index is 12.9. The second kappa shape index (κ2) is 9.82. The third-order valence-electron chi connectivity index (χ3n) is 10.9. The smallest absolute Gasteiger partial charge is 0.210 e. The summed E-state index contributed by atoms with van der Waals surface area (Å²) in [5, 5.41) is 12.3. The lowest BCUT2D eigenvalue weighted by atomic mass is 9.72. The largest absolute Gasteiger partial charge is 0.290 e. The normalized spacial score (nSPS) is 17.5. The van der Waals surface area contributed by atoms with E-state index in [-0.39, 0.29) is 11.6 Å². The molecule has 0 saturated heterocycles. The summed E-state index contributed by atoms with van der Waals surface area (Å²) in [5.41, 5.74) is 6.91. The molecule has 0 saturated carbocycles. The minimum atomic E-state index is -0.498. The van der Waals surface area contributed by atoms with Crippen molar-refractivity contribution < 1.29 is 9.59 Å². The Kier molecular flexibility index (Phi) is 5.43. The van der Waals surface area contributed by atoms with Gasteiger partial charge in [0.2, 0.25) is 11.6 Å². The summed E-state index contributed by atoms with van der Waals surface area (Å²) >= 11 is 1.86. The highest BCUT2D eigenvalue weighted by molar-refractivity contribution is 7.25. The van der Waals surface area contributed by atoms with E-state index in [1.54, 1.807) is 0 Å². The van der Waals surface area contributed by atoms with Gasteiger partial charge in [-0.2, -0.15) is 0 Å². The predicted octanol–water partition coefficient (Wildman–Crippen LogP) is 11.8. The van der Waals surface area contributed by atoms with E-state index < -0.39 is 11.8 Å². The first-order chi connectivity index (χ1) is 24.1. The van der Waals surface area contributed by atoms with Gasteiger partial charge in [0.15, 0.2) is 0 Å². The lowest BCUT2D eigenvalue weighted by Crippen LogP contribution is -2.36. The molecule has 0 N–H and O–H groups in total. The molecule has 2 bridgehead atoms. The zero-order chi connectivity index (χ0) is 32.4. The Labute approximate surface area is 285 Å². The van der Waals surface area contributed by atoms with Gasteiger partial charge in [0.1, 0.15) is 0 Å². The van der Waals surface area contributed by atoms with Gasteiger partial charge in [-0.15, -0.1) is 11.3 Å². The van der Waals surface area contributed by atoms with Crippen molar-refractivity contribution in [2.24, 2.45) is 11.8 Å². The standard InChI is InChI=1S/C46H26O2S/c47-45-30-14-21-39(46(45)48)40(22-30)34-16-9-27-10-19-37-33(15-8-26-11-20-38(34)44(27)43(26)37)29-13-18-36-35-17-12-28(23-41(35)49-42(36)24-29)32-7-3-5-25-4-1-2-6-31(25)32/h1-24,30,39H. The molecule has 49 heavy (non-hydrogen) atoms. The molecule has 2 nitrogen and oxygen atoms in total. The lowest BCUT2D eigenvalue weighted by molar-refractivity contribution is -0.139. The zero-order valence-electron chi connectivity index (χ0n) is 26.2. The van der Waals surface area contributed by atoms with Gasteiger partial charge in [0.25, 0.3) is 0 Å². The maximum absolute atomic E-state index is 12.9. The third kappa shape index (κ3) is 3.76.